The van der Waals surface area contributed by atoms with E-state index in [2.05, 4.69) is 48.2 Å². The summed E-state index contributed by atoms with van der Waals surface area (Å²) in [6, 6.07) is 14.2. The molecule has 3 aromatic heterocycles. The van der Waals surface area contributed by atoms with Crippen molar-refractivity contribution in [2.45, 2.75) is 46.6 Å². The van der Waals surface area contributed by atoms with Crippen molar-refractivity contribution < 1.29 is 0 Å². The maximum atomic E-state index is 13.4. The summed E-state index contributed by atoms with van der Waals surface area (Å²) in [7, 11) is 1.91. The van der Waals surface area contributed by atoms with Crippen molar-refractivity contribution >= 4 is 28.4 Å². The molecular weight excluding hydrogens is 436 g/mol. The minimum absolute atomic E-state index is 0.0938. The van der Waals surface area contributed by atoms with Crippen molar-refractivity contribution in [1.29, 1.82) is 0 Å². The van der Waals surface area contributed by atoms with Crippen molar-refractivity contribution in [3.8, 4) is 16.3 Å². The third kappa shape index (κ3) is 4.32. The molecule has 0 radical (unpaired) electrons. The fourth-order valence-electron chi connectivity index (χ4n) is 3.91. The second kappa shape index (κ2) is 9.46. The van der Waals surface area contributed by atoms with E-state index in [4.69, 9.17) is 4.99 Å². The monoisotopic (exact) mass is 466 g/mol. The number of nitrogens with zero attached hydrogens (tertiary/aromatic N) is 4. The highest BCUT2D eigenvalue weighted by Crippen LogP contribution is 2.29. The number of para-hydroxylation sites is 1. The third-order valence-corrected chi connectivity index (χ3v) is 7.58. The predicted molar refractivity (Wildman–Crippen MR) is 135 cm³/mol. The van der Waals surface area contributed by atoms with Gasteiger partial charge in [0.1, 0.15) is 0 Å². The summed E-state index contributed by atoms with van der Waals surface area (Å²) in [5, 5.41) is 4.28. The van der Waals surface area contributed by atoms with E-state index in [1.54, 1.807) is 27.4 Å². The zero-order chi connectivity index (χ0) is 22.8. The third-order valence-electron chi connectivity index (χ3n) is 5.85. The Morgan fingerprint density at radius 1 is 1.00 bits per heavy atom. The van der Waals surface area contributed by atoms with Crippen LogP contribution in [-0.2, 0) is 7.05 Å². The molecule has 0 aliphatic carbocycles. The minimum atomic E-state index is -0.0938. The van der Waals surface area contributed by atoms with Crippen LogP contribution in [0.1, 0.15) is 45.3 Å². The lowest BCUT2D eigenvalue weighted by Gasteiger charge is -2.18. The molecule has 0 aliphatic heterocycles. The summed E-state index contributed by atoms with van der Waals surface area (Å²) in [6.07, 6.45) is 2.22. The van der Waals surface area contributed by atoms with Crippen LogP contribution < -0.4 is 10.4 Å². The maximum Gasteiger partial charge on any atom is 0.297 e. The van der Waals surface area contributed by atoms with Gasteiger partial charge in [0.05, 0.1) is 22.0 Å². The van der Waals surface area contributed by atoms with E-state index in [9.17, 15) is 4.79 Å². The Bertz CT molecular complexity index is 1300. The van der Waals surface area contributed by atoms with Gasteiger partial charge in [-0.1, -0.05) is 38.1 Å². The van der Waals surface area contributed by atoms with Gasteiger partial charge in [-0.25, -0.2) is 9.67 Å². The molecule has 4 rings (SSSR count). The molecule has 0 bridgehead atoms. The number of thiophene rings is 1. The highest BCUT2D eigenvalue weighted by molar-refractivity contribution is 7.14. The summed E-state index contributed by atoms with van der Waals surface area (Å²) >= 11 is 3.34. The summed E-state index contributed by atoms with van der Waals surface area (Å²) in [5.74, 6) is 0.650. The van der Waals surface area contributed by atoms with E-state index in [1.807, 2.05) is 49.0 Å². The van der Waals surface area contributed by atoms with Crippen molar-refractivity contribution in [2.75, 3.05) is 0 Å². The van der Waals surface area contributed by atoms with Gasteiger partial charge < -0.3 is 4.57 Å². The Morgan fingerprint density at radius 2 is 1.75 bits per heavy atom. The van der Waals surface area contributed by atoms with Crippen LogP contribution in [0.4, 0.5) is 5.69 Å². The van der Waals surface area contributed by atoms with Gasteiger partial charge in [0.2, 0.25) is 0 Å². The first-order valence-electron chi connectivity index (χ1n) is 11.0. The van der Waals surface area contributed by atoms with E-state index >= 15 is 0 Å². The molecule has 4 aromatic rings. The highest BCUT2D eigenvalue weighted by Gasteiger charge is 2.19. The van der Waals surface area contributed by atoms with Gasteiger partial charge in [0, 0.05) is 18.5 Å². The molecule has 0 N–H and O–H groups in total. The fraction of sp³-hybridized carbons (Fsp3) is 0.360. The lowest BCUT2D eigenvalue weighted by Crippen LogP contribution is -2.22. The Hall–Kier alpha value is -2.64. The maximum absolute atomic E-state index is 13.4. The number of hydrogen-bond acceptors (Lipinski definition) is 4. The number of benzene rings is 1. The quantitative estimate of drug-likeness (QED) is 0.315. The Kier molecular flexibility index (Phi) is 6.67. The van der Waals surface area contributed by atoms with Crippen LogP contribution in [0, 0.1) is 12.8 Å². The lowest BCUT2D eigenvalue weighted by atomic mass is 10.0. The fourth-order valence-corrected chi connectivity index (χ4v) is 5.72. The second-order valence-electron chi connectivity index (χ2n) is 8.59. The summed E-state index contributed by atoms with van der Waals surface area (Å²) in [4.78, 5) is 20.4. The van der Waals surface area contributed by atoms with E-state index < -0.39 is 0 Å². The van der Waals surface area contributed by atoms with Gasteiger partial charge in [0.25, 0.3) is 5.56 Å². The predicted octanol–water partition coefficient (Wildman–Crippen LogP) is 6.31. The number of aromatic nitrogens is 3. The van der Waals surface area contributed by atoms with Gasteiger partial charge in [-0.05, 0) is 56.2 Å². The zero-order valence-electron chi connectivity index (χ0n) is 19.3. The van der Waals surface area contributed by atoms with Crippen molar-refractivity contribution in [1.82, 2.24) is 13.9 Å². The second-order valence-corrected chi connectivity index (χ2v) is 10.4. The molecule has 1 unspecified atom stereocenters. The van der Waals surface area contributed by atoms with Gasteiger partial charge in [-0.15, -0.1) is 22.7 Å². The minimum Gasteiger partial charge on any atom is -0.313 e. The largest absolute Gasteiger partial charge is 0.313 e. The molecule has 3 heterocycles. The summed E-state index contributed by atoms with van der Waals surface area (Å²) < 4.78 is 5.89. The smallest absolute Gasteiger partial charge is 0.297 e. The molecule has 0 aliphatic rings. The molecule has 0 saturated heterocycles. The van der Waals surface area contributed by atoms with Gasteiger partial charge in [0.15, 0.2) is 10.5 Å². The molecule has 32 heavy (non-hydrogen) atoms. The average molecular weight is 467 g/mol. The topological polar surface area (TPSA) is 44.2 Å². The van der Waals surface area contributed by atoms with Crippen LogP contribution in [0.2, 0.25) is 0 Å². The molecule has 0 saturated carbocycles. The number of rotatable bonds is 7. The normalized spacial score (nSPS) is 13.2. The van der Waals surface area contributed by atoms with E-state index in [0.717, 1.165) is 29.0 Å². The van der Waals surface area contributed by atoms with Gasteiger partial charge in [-0.3, -0.25) is 9.48 Å². The molecular formula is C25H30N4OS2. The van der Waals surface area contributed by atoms with Crippen LogP contribution in [0.15, 0.2) is 63.0 Å². The molecule has 168 valence electrons. The van der Waals surface area contributed by atoms with Crippen molar-refractivity contribution in [3.05, 3.63) is 74.1 Å². The van der Waals surface area contributed by atoms with Gasteiger partial charge >= 0.3 is 0 Å². The molecule has 0 amide bonds. The Morgan fingerprint density at radius 3 is 2.41 bits per heavy atom. The summed E-state index contributed by atoms with van der Waals surface area (Å²) in [5.41, 5.74) is 3.28. The Balaban J connectivity index is 1.88. The lowest BCUT2D eigenvalue weighted by molar-refractivity contribution is 0.436. The van der Waals surface area contributed by atoms with Crippen LogP contribution in [-0.4, -0.2) is 13.9 Å². The molecule has 0 fully saturated rings. The molecule has 5 nitrogen and oxygen atoms in total. The van der Waals surface area contributed by atoms with Crippen LogP contribution >= 0.6 is 22.7 Å². The van der Waals surface area contributed by atoms with Crippen LogP contribution in [0.25, 0.3) is 16.3 Å². The molecule has 1 atom stereocenters. The summed E-state index contributed by atoms with van der Waals surface area (Å²) in [6.45, 7) is 8.73. The first kappa shape index (κ1) is 22.6. The van der Waals surface area contributed by atoms with Crippen molar-refractivity contribution in [2.24, 2.45) is 18.0 Å². The molecule has 0 spiro atoms. The average Bonchev–Trinajstić information content (AvgIpc) is 3.49. The van der Waals surface area contributed by atoms with E-state index in [-0.39, 0.29) is 5.56 Å². The van der Waals surface area contributed by atoms with Crippen LogP contribution in [0.5, 0.6) is 0 Å². The van der Waals surface area contributed by atoms with E-state index in [0.29, 0.717) is 17.6 Å². The van der Waals surface area contributed by atoms with E-state index in [1.165, 1.54) is 10.6 Å². The molecule has 1 aromatic carbocycles. The van der Waals surface area contributed by atoms with Gasteiger partial charge in [-0.2, -0.15) is 0 Å². The number of hydrogen-bond donors (Lipinski definition) is 0. The number of thiazole rings is 1. The first-order valence-corrected chi connectivity index (χ1v) is 12.8. The van der Waals surface area contributed by atoms with Crippen LogP contribution in [0.3, 0.4) is 0 Å². The standard InChI is InChI=1S/C25H30N4OS2/c1-17(2)13-14-18(3)28-21(22-12-9-15-31-22)16-32-25(28)26-23-19(4)27(5)29(24(23)30)20-10-7-6-8-11-20/h6-12,15-18H,13-14H2,1-5H3. The SMILES string of the molecule is Cc1c(N=c2scc(-c3cccs3)n2C(C)CCC(C)C)c(=O)n(-c2ccccc2)n1C. The zero-order valence-corrected chi connectivity index (χ0v) is 20.9. The van der Waals surface area contributed by atoms with Crippen molar-refractivity contribution in [3.63, 3.8) is 0 Å². The highest BCUT2D eigenvalue weighted by atomic mass is 32.1. The molecule has 7 heteroatoms. The Labute approximate surface area is 196 Å². The first-order chi connectivity index (χ1) is 15.4.